The first-order valence-electron chi connectivity index (χ1n) is 5.65. The molecular weight excluding hydrogens is 241 g/mol. The van der Waals surface area contributed by atoms with Crippen molar-refractivity contribution in [2.75, 3.05) is 7.05 Å². The molecule has 0 heterocycles. The molecule has 0 aromatic heterocycles. The number of halogens is 2. The molecule has 1 rings (SSSR count). The van der Waals surface area contributed by atoms with Crippen molar-refractivity contribution in [3.05, 3.63) is 34.6 Å². The van der Waals surface area contributed by atoms with Crippen molar-refractivity contribution < 1.29 is 9.18 Å². The number of benzene rings is 1. The van der Waals surface area contributed by atoms with Crippen molar-refractivity contribution in [3.63, 3.8) is 0 Å². The van der Waals surface area contributed by atoms with Gasteiger partial charge in [0.1, 0.15) is 5.82 Å². The molecule has 2 nitrogen and oxygen atoms in total. The fourth-order valence-corrected chi connectivity index (χ4v) is 1.77. The molecule has 94 valence electrons. The molecule has 0 aliphatic rings. The van der Waals surface area contributed by atoms with Gasteiger partial charge in [-0.05, 0) is 18.6 Å². The lowest BCUT2D eigenvalue weighted by molar-refractivity contribution is -0.134. The zero-order valence-corrected chi connectivity index (χ0v) is 11.1. The first-order chi connectivity index (χ1) is 7.97. The minimum atomic E-state index is -0.374. The normalized spacial score (nSPS) is 12.3. The van der Waals surface area contributed by atoms with E-state index >= 15 is 0 Å². The zero-order chi connectivity index (χ0) is 13.0. The van der Waals surface area contributed by atoms with Crippen LogP contribution in [-0.4, -0.2) is 17.9 Å². The summed E-state index contributed by atoms with van der Waals surface area (Å²) in [7, 11) is 1.66. The molecule has 17 heavy (non-hydrogen) atoms. The van der Waals surface area contributed by atoms with Crippen LogP contribution in [0.4, 0.5) is 4.39 Å². The van der Waals surface area contributed by atoms with Gasteiger partial charge in [-0.1, -0.05) is 31.5 Å². The van der Waals surface area contributed by atoms with Gasteiger partial charge in [0.15, 0.2) is 0 Å². The Morgan fingerprint density at radius 2 is 2.18 bits per heavy atom. The second-order valence-corrected chi connectivity index (χ2v) is 4.61. The van der Waals surface area contributed by atoms with Crippen LogP contribution < -0.4 is 0 Å². The van der Waals surface area contributed by atoms with Crippen molar-refractivity contribution in [1.82, 2.24) is 4.90 Å². The number of rotatable bonds is 4. The maximum atomic E-state index is 13.5. The Balaban J connectivity index is 2.81. The Labute approximate surface area is 106 Å². The summed E-state index contributed by atoms with van der Waals surface area (Å²) < 4.78 is 13.5. The molecule has 0 aliphatic carbocycles. The van der Waals surface area contributed by atoms with Gasteiger partial charge in [-0.15, -0.1) is 0 Å². The highest BCUT2D eigenvalue weighted by atomic mass is 35.5. The van der Waals surface area contributed by atoms with Crippen molar-refractivity contribution >= 4 is 17.5 Å². The maximum Gasteiger partial charge on any atom is 0.225 e. The molecule has 1 atom stereocenters. The summed E-state index contributed by atoms with van der Waals surface area (Å²) in [5.74, 6) is -0.418. The lowest BCUT2D eigenvalue weighted by Crippen LogP contribution is -2.31. The number of hydrogen-bond donors (Lipinski definition) is 0. The van der Waals surface area contributed by atoms with E-state index in [9.17, 15) is 9.18 Å². The smallest absolute Gasteiger partial charge is 0.225 e. The second kappa shape index (κ2) is 6.01. The van der Waals surface area contributed by atoms with E-state index in [1.54, 1.807) is 19.2 Å². The predicted molar refractivity (Wildman–Crippen MR) is 67.3 cm³/mol. The van der Waals surface area contributed by atoms with Crippen molar-refractivity contribution in [3.8, 4) is 0 Å². The Kier molecular flexibility index (Phi) is 4.94. The Bertz CT molecular complexity index is 388. The van der Waals surface area contributed by atoms with E-state index in [1.807, 2.05) is 13.8 Å². The third kappa shape index (κ3) is 3.43. The molecular formula is C13H17ClFNO. The van der Waals surface area contributed by atoms with E-state index in [0.717, 1.165) is 6.42 Å². The van der Waals surface area contributed by atoms with Crippen molar-refractivity contribution in [2.24, 2.45) is 5.92 Å². The summed E-state index contributed by atoms with van der Waals surface area (Å²) in [4.78, 5) is 13.4. The maximum absolute atomic E-state index is 13.5. The van der Waals surface area contributed by atoms with Gasteiger partial charge in [-0.25, -0.2) is 4.39 Å². The van der Waals surface area contributed by atoms with Gasteiger partial charge in [0.2, 0.25) is 5.91 Å². The zero-order valence-electron chi connectivity index (χ0n) is 10.3. The van der Waals surface area contributed by atoms with Crippen LogP contribution in [0, 0.1) is 11.7 Å². The highest BCUT2D eigenvalue weighted by Crippen LogP contribution is 2.21. The molecule has 0 N–H and O–H groups in total. The van der Waals surface area contributed by atoms with Crippen LogP contribution in [0.25, 0.3) is 0 Å². The Morgan fingerprint density at radius 3 is 2.71 bits per heavy atom. The monoisotopic (exact) mass is 257 g/mol. The average Bonchev–Trinajstić information content (AvgIpc) is 2.31. The molecule has 0 saturated heterocycles. The van der Waals surface area contributed by atoms with E-state index < -0.39 is 0 Å². The SMILES string of the molecule is CCC(C)C(=O)N(C)Cc1c(F)cccc1Cl. The Morgan fingerprint density at radius 1 is 1.53 bits per heavy atom. The largest absolute Gasteiger partial charge is 0.341 e. The number of hydrogen-bond acceptors (Lipinski definition) is 1. The molecule has 1 aromatic rings. The van der Waals surface area contributed by atoms with E-state index in [2.05, 4.69) is 0 Å². The van der Waals surface area contributed by atoms with E-state index in [0.29, 0.717) is 10.6 Å². The van der Waals surface area contributed by atoms with Gasteiger partial charge in [0.05, 0.1) is 0 Å². The van der Waals surface area contributed by atoms with Crippen LogP contribution in [0.5, 0.6) is 0 Å². The minimum absolute atomic E-state index is 0.00631. The molecule has 0 radical (unpaired) electrons. The molecule has 1 aromatic carbocycles. The van der Waals surface area contributed by atoms with Crippen LogP contribution in [-0.2, 0) is 11.3 Å². The highest BCUT2D eigenvalue weighted by Gasteiger charge is 2.18. The summed E-state index contributed by atoms with van der Waals surface area (Å²) in [6.45, 7) is 4.02. The second-order valence-electron chi connectivity index (χ2n) is 4.20. The van der Waals surface area contributed by atoms with Crippen LogP contribution in [0.2, 0.25) is 5.02 Å². The van der Waals surface area contributed by atoms with Gasteiger partial charge in [0.25, 0.3) is 0 Å². The molecule has 0 aliphatic heterocycles. The van der Waals surface area contributed by atoms with E-state index in [-0.39, 0.29) is 24.2 Å². The molecule has 0 bridgehead atoms. The van der Waals surface area contributed by atoms with Gasteiger partial charge in [-0.3, -0.25) is 4.79 Å². The topological polar surface area (TPSA) is 20.3 Å². The predicted octanol–water partition coefficient (Wildman–Crippen LogP) is 3.48. The lowest BCUT2D eigenvalue weighted by atomic mass is 10.1. The number of amides is 1. The average molecular weight is 258 g/mol. The Hall–Kier alpha value is -1.09. The molecule has 0 spiro atoms. The lowest BCUT2D eigenvalue weighted by Gasteiger charge is -2.21. The molecule has 1 unspecified atom stereocenters. The summed E-state index contributed by atoms with van der Waals surface area (Å²) in [5.41, 5.74) is 0.369. The number of carbonyl (C=O) groups excluding carboxylic acids is 1. The third-order valence-corrected chi connectivity index (χ3v) is 3.22. The summed E-state index contributed by atoms with van der Waals surface area (Å²) in [5, 5.41) is 0.355. The van der Waals surface area contributed by atoms with Crippen molar-refractivity contribution in [1.29, 1.82) is 0 Å². The van der Waals surface area contributed by atoms with E-state index in [1.165, 1.54) is 11.0 Å². The molecule has 0 saturated carbocycles. The van der Waals surface area contributed by atoms with Crippen molar-refractivity contribution in [2.45, 2.75) is 26.8 Å². The van der Waals surface area contributed by atoms with Crippen LogP contribution >= 0.6 is 11.6 Å². The first kappa shape index (κ1) is 14.0. The minimum Gasteiger partial charge on any atom is -0.341 e. The van der Waals surface area contributed by atoms with Crippen LogP contribution in [0.15, 0.2) is 18.2 Å². The van der Waals surface area contributed by atoms with Crippen LogP contribution in [0.3, 0.4) is 0 Å². The van der Waals surface area contributed by atoms with E-state index in [4.69, 9.17) is 11.6 Å². The third-order valence-electron chi connectivity index (χ3n) is 2.87. The standard InChI is InChI=1S/C13H17ClFNO/c1-4-9(2)13(17)16(3)8-10-11(14)6-5-7-12(10)15/h5-7,9H,4,8H2,1-3H3. The van der Waals surface area contributed by atoms with Crippen LogP contribution in [0.1, 0.15) is 25.8 Å². The fraction of sp³-hybridized carbons (Fsp3) is 0.462. The molecule has 4 heteroatoms. The summed E-state index contributed by atoms with van der Waals surface area (Å²) in [6, 6.07) is 4.53. The molecule has 0 fully saturated rings. The summed E-state index contributed by atoms with van der Waals surface area (Å²) in [6.07, 6.45) is 0.772. The number of carbonyl (C=O) groups is 1. The van der Waals surface area contributed by atoms with Gasteiger partial charge < -0.3 is 4.90 Å². The highest BCUT2D eigenvalue weighted by molar-refractivity contribution is 6.31. The molecule has 1 amide bonds. The fourth-order valence-electron chi connectivity index (χ4n) is 1.55. The first-order valence-corrected chi connectivity index (χ1v) is 6.03. The quantitative estimate of drug-likeness (QED) is 0.809. The summed E-state index contributed by atoms with van der Waals surface area (Å²) >= 11 is 5.91. The van der Waals surface area contributed by atoms with Gasteiger partial charge >= 0.3 is 0 Å². The number of nitrogens with zero attached hydrogens (tertiary/aromatic N) is 1. The van der Waals surface area contributed by atoms with Gasteiger partial charge in [-0.2, -0.15) is 0 Å². The van der Waals surface area contributed by atoms with Gasteiger partial charge in [0, 0.05) is 30.1 Å².